The number of halogens is 2. The van der Waals surface area contributed by atoms with Crippen LogP contribution in [0.1, 0.15) is 16.1 Å². The van der Waals surface area contributed by atoms with Crippen LogP contribution in [0.3, 0.4) is 0 Å². The van der Waals surface area contributed by atoms with Gasteiger partial charge in [0, 0.05) is 15.7 Å². The zero-order valence-corrected chi connectivity index (χ0v) is 14.0. The summed E-state index contributed by atoms with van der Waals surface area (Å²) in [5, 5.41) is 21.4. The molecule has 2 rings (SSSR count). The highest BCUT2D eigenvalue weighted by Crippen LogP contribution is 2.27. The van der Waals surface area contributed by atoms with Crippen LogP contribution in [0.4, 0.5) is 0 Å². The van der Waals surface area contributed by atoms with Gasteiger partial charge in [-0.2, -0.15) is 4.73 Å². The summed E-state index contributed by atoms with van der Waals surface area (Å²) in [4.78, 5) is 12.2. The molecule has 1 aromatic carbocycles. The van der Waals surface area contributed by atoms with Gasteiger partial charge in [-0.1, -0.05) is 0 Å². The molecule has 98 valence electrons. The van der Waals surface area contributed by atoms with Gasteiger partial charge >= 0.3 is 0 Å². The second-order valence-electron chi connectivity index (χ2n) is 3.90. The first kappa shape index (κ1) is 14.5. The summed E-state index contributed by atoms with van der Waals surface area (Å²) in [6.45, 7) is 0. The SMILES string of the molecule is O=C(Cc1cccc[n+]1[O-])c1cc(I)cc(I)c1O. The molecule has 0 spiro atoms. The van der Waals surface area contributed by atoms with E-state index in [0.717, 1.165) is 3.57 Å². The van der Waals surface area contributed by atoms with Crippen molar-refractivity contribution >= 4 is 51.0 Å². The van der Waals surface area contributed by atoms with Crippen LogP contribution in [-0.2, 0) is 6.42 Å². The summed E-state index contributed by atoms with van der Waals surface area (Å²) in [7, 11) is 0. The van der Waals surface area contributed by atoms with Crippen molar-refractivity contribution in [2.24, 2.45) is 0 Å². The standard InChI is InChI=1S/C13H9I2NO3/c14-8-5-10(13(18)11(15)6-8)12(17)7-9-3-1-2-4-16(9)19/h1-6,18H,7H2. The summed E-state index contributed by atoms with van der Waals surface area (Å²) in [6, 6.07) is 8.31. The summed E-state index contributed by atoms with van der Waals surface area (Å²) < 4.78 is 2.15. The van der Waals surface area contributed by atoms with Crippen LogP contribution in [0.25, 0.3) is 0 Å². The molecule has 0 aliphatic rings. The van der Waals surface area contributed by atoms with Crippen molar-refractivity contribution in [3.63, 3.8) is 0 Å². The molecule has 0 amide bonds. The van der Waals surface area contributed by atoms with E-state index in [-0.39, 0.29) is 23.5 Å². The van der Waals surface area contributed by atoms with Crippen molar-refractivity contribution in [3.05, 3.63) is 60.1 Å². The normalized spacial score (nSPS) is 10.4. The van der Waals surface area contributed by atoms with Crippen LogP contribution in [-0.4, -0.2) is 10.9 Å². The van der Waals surface area contributed by atoms with Crippen LogP contribution in [0.5, 0.6) is 5.75 Å². The molecular weight excluding hydrogens is 472 g/mol. The Morgan fingerprint density at radius 3 is 2.74 bits per heavy atom. The molecule has 0 saturated carbocycles. The van der Waals surface area contributed by atoms with E-state index in [1.165, 1.54) is 6.20 Å². The van der Waals surface area contributed by atoms with Gasteiger partial charge in [-0.3, -0.25) is 4.79 Å². The third kappa shape index (κ3) is 3.35. The topological polar surface area (TPSA) is 64.2 Å². The first-order chi connectivity index (χ1) is 8.99. The Balaban J connectivity index is 2.33. The van der Waals surface area contributed by atoms with E-state index in [2.05, 4.69) is 22.6 Å². The largest absolute Gasteiger partial charge is 0.618 e. The Morgan fingerprint density at radius 1 is 1.32 bits per heavy atom. The molecule has 19 heavy (non-hydrogen) atoms. The van der Waals surface area contributed by atoms with E-state index >= 15 is 0 Å². The number of benzene rings is 1. The lowest BCUT2D eigenvalue weighted by Crippen LogP contribution is -2.32. The van der Waals surface area contributed by atoms with Gasteiger partial charge in [-0.15, -0.1) is 0 Å². The van der Waals surface area contributed by atoms with E-state index in [1.807, 2.05) is 22.6 Å². The zero-order valence-electron chi connectivity index (χ0n) is 9.64. The van der Waals surface area contributed by atoms with Crippen LogP contribution < -0.4 is 4.73 Å². The number of rotatable bonds is 3. The number of carbonyl (C=O) groups excluding carboxylic acids is 1. The summed E-state index contributed by atoms with van der Waals surface area (Å²) in [5.41, 5.74) is 0.612. The van der Waals surface area contributed by atoms with Crippen LogP contribution in [0.2, 0.25) is 0 Å². The summed E-state index contributed by atoms with van der Waals surface area (Å²) >= 11 is 4.06. The number of phenols is 1. The smallest absolute Gasteiger partial charge is 0.200 e. The van der Waals surface area contributed by atoms with Gasteiger partial charge in [-0.25, -0.2) is 0 Å². The second-order valence-corrected chi connectivity index (χ2v) is 6.31. The maximum absolute atomic E-state index is 12.2. The van der Waals surface area contributed by atoms with Crippen molar-refractivity contribution in [3.8, 4) is 5.75 Å². The third-order valence-corrected chi connectivity index (χ3v) is 4.02. The Labute approximate surface area is 137 Å². The van der Waals surface area contributed by atoms with Gasteiger partial charge in [0.2, 0.25) is 5.69 Å². The highest BCUT2D eigenvalue weighted by Gasteiger charge is 2.18. The fraction of sp³-hybridized carbons (Fsp3) is 0.0769. The maximum Gasteiger partial charge on any atom is 0.200 e. The lowest BCUT2D eigenvalue weighted by atomic mass is 10.1. The molecule has 6 heteroatoms. The van der Waals surface area contributed by atoms with Gasteiger partial charge in [-0.05, 0) is 63.4 Å². The molecule has 1 heterocycles. The molecule has 2 aromatic rings. The number of phenolic OH excluding ortho intramolecular Hbond substituents is 1. The molecule has 4 nitrogen and oxygen atoms in total. The van der Waals surface area contributed by atoms with Crippen molar-refractivity contribution in [1.29, 1.82) is 0 Å². The van der Waals surface area contributed by atoms with Gasteiger partial charge < -0.3 is 10.3 Å². The number of pyridine rings is 1. The van der Waals surface area contributed by atoms with E-state index < -0.39 is 0 Å². The number of aromatic nitrogens is 1. The number of Topliss-reactive ketones (excluding diaryl/α,β-unsaturated/α-hetero) is 1. The predicted octanol–water partition coefficient (Wildman–Crippen LogP) is 2.66. The Bertz CT molecular complexity index is 644. The maximum atomic E-state index is 12.2. The van der Waals surface area contributed by atoms with E-state index in [9.17, 15) is 15.1 Å². The van der Waals surface area contributed by atoms with Crippen molar-refractivity contribution in [2.75, 3.05) is 0 Å². The van der Waals surface area contributed by atoms with E-state index in [1.54, 1.807) is 30.3 Å². The predicted molar refractivity (Wildman–Crippen MR) is 87.0 cm³/mol. The second kappa shape index (κ2) is 6.04. The average molecular weight is 481 g/mol. The van der Waals surface area contributed by atoms with Gasteiger partial charge in [0.25, 0.3) is 0 Å². The minimum atomic E-state index is -0.273. The summed E-state index contributed by atoms with van der Waals surface area (Å²) in [6.07, 6.45) is 1.31. The molecule has 0 saturated heterocycles. The minimum Gasteiger partial charge on any atom is -0.618 e. The minimum absolute atomic E-state index is 0.0283. The number of hydrogen-bond acceptors (Lipinski definition) is 3. The molecule has 0 bridgehead atoms. The molecule has 0 atom stereocenters. The van der Waals surface area contributed by atoms with Crippen LogP contribution in [0.15, 0.2) is 36.5 Å². The van der Waals surface area contributed by atoms with Crippen molar-refractivity contribution < 1.29 is 14.6 Å². The van der Waals surface area contributed by atoms with Crippen LogP contribution in [0, 0.1) is 12.3 Å². The number of hydrogen-bond donors (Lipinski definition) is 1. The average Bonchev–Trinajstić information content (AvgIpc) is 2.36. The fourth-order valence-electron chi connectivity index (χ4n) is 1.64. The molecule has 0 fully saturated rings. The lowest BCUT2D eigenvalue weighted by molar-refractivity contribution is -0.613. The number of ketones is 1. The molecule has 0 radical (unpaired) electrons. The van der Waals surface area contributed by atoms with Gasteiger partial charge in [0.15, 0.2) is 12.0 Å². The van der Waals surface area contributed by atoms with E-state index in [0.29, 0.717) is 14.0 Å². The first-order valence-electron chi connectivity index (χ1n) is 5.37. The summed E-state index contributed by atoms with van der Waals surface area (Å²) in [5.74, 6) is -0.302. The molecule has 0 aliphatic carbocycles. The number of nitrogens with zero attached hydrogens (tertiary/aromatic N) is 1. The molecular formula is C13H9I2NO3. The molecule has 1 N–H and O–H groups in total. The van der Waals surface area contributed by atoms with Crippen molar-refractivity contribution in [1.82, 2.24) is 0 Å². The monoisotopic (exact) mass is 481 g/mol. The number of aromatic hydroxyl groups is 1. The van der Waals surface area contributed by atoms with E-state index in [4.69, 9.17) is 0 Å². The quantitative estimate of drug-likeness (QED) is 0.318. The number of carbonyl (C=O) groups is 1. The Hall–Kier alpha value is -0.900. The van der Waals surface area contributed by atoms with Crippen molar-refractivity contribution in [2.45, 2.75) is 6.42 Å². The highest BCUT2D eigenvalue weighted by atomic mass is 127. The lowest BCUT2D eigenvalue weighted by Gasteiger charge is -2.07. The Morgan fingerprint density at radius 2 is 2.05 bits per heavy atom. The zero-order chi connectivity index (χ0) is 14.0. The molecule has 0 unspecified atom stereocenters. The first-order valence-corrected chi connectivity index (χ1v) is 7.53. The fourth-order valence-corrected chi connectivity index (χ4v) is 3.48. The molecule has 0 aliphatic heterocycles. The van der Waals surface area contributed by atoms with Crippen LogP contribution >= 0.6 is 45.2 Å². The van der Waals surface area contributed by atoms with Gasteiger partial charge in [0.05, 0.1) is 15.6 Å². The highest BCUT2D eigenvalue weighted by molar-refractivity contribution is 14.1. The third-order valence-electron chi connectivity index (χ3n) is 2.57. The Kier molecular flexibility index (Phi) is 4.61. The van der Waals surface area contributed by atoms with Gasteiger partial charge in [0.1, 0.15) is 5.75 Å². The molecule has 1 aromatic heterocycles.